The average molecular weight is 219 g/mol. The molecule has 1 aromatic carbocycles. The number of carbonyl (C=O) groups is 1. The molecule has 4 heteroatoms. The van der Waals surface area contributed by atoms with Crippen LogP contribution in [0, 0.1) is 6.04 Å². The van der Waals surface area contributed by atoms with Gasteiger partial charge >= 0.3 is 0 Å². The lowest BCUT2D eigenvalue weighted by Gasteiger charge is -2.19. The van der Waals surface area contributed by atoms with Gasteiger partial charge in [-0.05, 0) is 24.7 Å². The van der Waals surface area contributed by atoms with Crippen LogP contribution in [0.25, 0.3) is 0 Å². The maximum Gasteiger partial charge on any atom is 0.254 e. The van der Waals surface area contributed by atoms with Gasteiger partial charge in [-0.25, -0.2) is 0 Å². The minimum Gasteiger partial charge on any atom is -0.327 e. The molecule has 2 rings (SSSR count). The molecule has 1 aromatic rings. The first-order valence-electron chi connectivity index (χ1n) is 4.69. The lowest BCUT2D eigenvalue weighted by Crippen LogP contribution is -2.28. The van der Waals surface area contributed by atoms with E-state index in [1.807, 2.05) is 35.2 Å². The first kappa shape index (κ1) is 10.1. The van der Waals surface area contributed by atoms with Crippen LogP contribution in [0.1, 0.15) is 12.5 Å². The van der Waals surface area contributed by atoms with Crippen LogP contribution in [0.5, 0.6) is 0 Å². The number of hydrogen-bond donors (Lipinski definition) is 1. The van der Waals surface area contributed by atoms with Crippen LogP contribution >= 0.6 is 12.2 Å². The topological polar surface area (TPSA) is 32.3 Å². The molecule has 77 valence electrons. The van der Waals surface area contributed by atoms with Gasteiger partial charge in [0.2, 0.25) is 0 Å². The summed E-state index contributed by atoms with van der Waals surface area (Å²) in [5, 5.41) is 3.11. The van der Waals surface area contributed by atoms with Gasteiger partial charge in [0.1, 0.15) is 0 Å². The molecule has 0 aliphatic carbocycles. The molecule has 1 aliphatic rings. The van der Waals surface area contributed by atoms with Gasteiger partial charge in [-0.2, -0.15) is 0 Å². The number of carbonyl (C=O) groups excluding carboxylic acids is 1. The predicted molar refractivity (Wildman–Crippen MR) is 61.6 cm³/mol. The van der Waals surface area contributed by atoms with Crippen LogP contribution in [-0.4, -0.2) is 15.9 Å². The largest absolute Gasteiger partial charge is 0.327 e. The molecule has 1 N–H and O–H groups in total. The molecule has 0 spiro atoms. The van der Waals surface area contributed by atoms with Crippen LogP contribution in [0.3, 0.4) is 0 Å². The fraction of sp³-hybridized carbons (Fsp3) is 0.182. The second kappa shape index (κ2) is 3.98. The molecule has 1 heterocycles. The lowest BCUT2D eigenvalue weighted by molar-refractivity contribution is -0.117. The van der Waals surface area contributed by atoms with Crippen LogP contribution in [0.4, 0.5) is 0 Å². The van der Waals surface area contributed by atoms with Crippen molar-refractivity contribution in [3.05, 3.63) is 41.9 Å². The van der Waals surface area contributed by atoms with Crippen molar-refractivity contribution in [1.29, 1.82) is 0 Å². The third kappa shape index (κ3) is 1.99. The van der Waals surface area contributed by atoms with Gasteiger partial charge < -0.3 is 10.2 Å². The number of hydrogen-bond acceptors (Lipinski definition) is 2. The SMILES string of the molecule is C[C]1C(=O)NC(=S)N1Cc1ccccc1. The second-order valence-electron chi connectivity index (χ2n) is 3.42. The Morgan fingerprint density at radius 2 is 2.00 bits per heavy atom. The summed E-state index contributed by atoms with van der Waals surface area (Å²) in [6, 6.07) is 10.6. The van der Waals surface area contributed by atoms with Gasteiger partial charge in [0.25, 0.3) is 5.91 Å². The maximum atomic E-state index is 11.3. The molecular formula is C11H11N2OS. The molecule has 0 atom stereocenters. The van der Waals surface area contributed by atoms with Gasteiger partial charge in [-0.1, -0.05) is 30.3 Å². The molecule has 15 heavy (non-hydrogen) atoms. The van der Waals surface area contributed by atoms with E-state index in [-0.39, 0.29) is 5.91 Å². The van der Waals surface area contributed by atoms with Gasteiger partial charge in [-0.15, -0.1) is 0 Å². The molecule has 1 aliphatic heterocycles. The molecule has 0 saturated carbocycles. The van der Waals surface area contributed by atoms with Crippen molar-refractivity contribution >= 4 is 23.2 Å². The molecular weight excluding hydrogens is 208 g/mol. The first-order chi connectivity index (χ1) is 7.18. The normalized spacial score (nSPS) is 17.0. The van der Waals surface area contributed by atoms with Crippen LogP contribution in [0.2, 0.25) is 0 Å². The number of rotatable bonds is 2. The Kier molecular flexibility index (Phi) is 2.68. The van der Waals surface area contributed by atoms with E-state index in [9.17, 15) is 4.79 Å². The molecule has 3 nitrogen and oxygen atoms in total. The fourth-order valence-electron chi connectivity index (χ4n) is 1.49. The zero-order valence-electron chi connectivity index (χ0n) is 8.36. The molecule has 0 aromatic heterocycles. The summed E-state index contributed by atoms with van der Waals surface area (Å²) < 4.78 is 0. The van der Waals surface area contributed by atoms with Crippen molar-refractivity contribution < 1.29 is 4.79 Å². The zero-order chi connectivity index (χ0) is 10.8. The first-order valence-corrected chi connectivity index (χ1v) is 5.09. The van der Waals surface area contributed by atoms with Crippen molar-refractivity contribution in [2.75, 3.05) is 0 Å². The highest BCUT2D eigenvalue weighted by Gasteiger charge is 2.32. The van der Waals surface area contributed by atoms with Gasteiger partial charge in [0.05, 0.1) is 0 Å². The summed E-state index contributed by atoms with van der Waals surface area (Å²) in [6.45, 7) is 2.42. The monoisotopic (exact) mass is 219 g/mol. The van der Waals surface area contributed by atoms with E-state index in [2.05, 4.69) is 5.32 Å². The highest BCUT2D eigenvalue weighted by Crippen LogP contribution is 2.18. The van der Waals surface area contributed by atoms with Crippen molar-refractivity contribution in [3.8, 4) is 0 Å². The molecule has 1 fully saturated rings. The van der Waals surface area contributed by atoms with Gasteiger partial charge in [-0.3, -0.25) is 4.79 Å². The van der Waals surface area contributed by atoms with E-state index in [0.717, 1.165) is 5.56 Å². The number of thiocarbonyl (C=S) groups is 1. The molecule has 1 saturated heterocycles. The molecule has 1 radical (unpaired) electrons. The average Bonchev–Trinajstić information content (AvgIpc) is 2.47. The number of benzene rings is 1. The Hall–Kier alpha value is -1.42. The van der Waals surface area contributed by atoms with Crippen molar-refractivity contribution in [2.45, 2.75) is 13.5 Å². The highest BCUT2D eigenvalue weighted by molar-refractivity contribution is 7.80. The van der Waals surface area contributed by atoms with Gasteiger partial charge in [0.15, 0.2) is 11.2 Å². The Balaban J connectivity index is 2.13. The summed E-state index contributed by atoms with van der Waals surface area (Å²) in [5.41, 5.74) is 1.13. The van der Waals surface area contributed by atoms with E-state index in [1.165, 1.54) is 0 Å². The van der Waals surface area contributed by atoms with E-state index in [4.69, 9.17) is 12.2 Å². The summed E-state index contributed by atoms with van der Waals surface area (Å²) in [7, 11) is 0. The van der Waals surface area contributed by atoms with E-state index in [0.29, 0.717) is 17.7 Å². The Morgan fingerprint density at radius 3 is 2.53 bits per heavy atom. The second-order valence-corrected chi connectivity index (χ2v) is 3.80. The summed E-state index contributed by atoms with van der Waals surface area (Å²) in [5.74, 6) is -0.101. The third-order valence-electron chi connectivity index (χ3n) is 2.38. The number of nitrogens with zero attached hydrogens (tertiary/aromatic N) is 1. The number of nitrogens with one attached hydrogen (secondary N) is 1. The minimum atomic E-state index is -0.101. The van der Waals surface area contributed by atoms with Crippen molar-refractivity contribution in [1.82, 2.24) is 10.2 Å². The van der Waals surface area contributed by atoms with Crippen LogP contribution in [-0.2, 0) is 11.3 Å². The lowest BCUT2D eigenvalue weighted by atomic mass is 10.2. The Bertz CT molecular complexity index is 391. The Morgan fingerprint density at radius 1 is 1.33 bits per heavy atom. The minimum absolute atomic E-state index is 0.101. The summed E-state index contributed by atoms with van der Waals surface area (Å²) >= 11 is 5.07. The predicted octanol–water partition coefficient (Wildman–Crippen LogP) is 1.46. The fourth-order valence-corrected chi connectivity index (χ4v) is 1.78. The van der Waals surface area contributed by atoms with Crippen molar-refractivity contribution in [2.24, 2.45) is 0 Å². The number of amides is 1. The van der Waals surface area contributed by atoms with E-state index in [1.54, 1.807) is 6.92 Å². The van der Waals surface area contributed by atoms with Gasteiger partial charge in [0, 0.05) is 6.54 Å². The van der Waals surface area contributed by atoms with E-state index < -0.39 is 0 Å². The Labute approximate surface area is 94.1 Å². The smallest absolute Gasteiger partial charge is 0.254 e. The molecule has 0 unspecified atom stereocenters. The summed E-state index contributed by atoms with van der Waals surface area (Å²) in [4.78, 5) is 13.1. The zero-order valence-corrected chi connectivity index (χ0v) is 9.17. The third-order valence-corrected chi connectivity index (χ3v) is 2.71. The van der Waals surface area contributed by atoms with Crippen LogP contribution < -0.4 is 5.32 Å². The molecule has 1 amide bonds. The van der Waals surface area contributed by atoms with Crippen LogP contribution in [0.15, 0.2) is 30.3 Å². The quantitative estimate of drug-likeness (QED) is 0.764. The standard InChI is InChI=1S/C11H11N2OS/c1-8-10(14)12-11(15)13(8)7-9-5-3-2-4-6-9/h2-6H,7H2,1H3,(H,12,14,15). The molecule has 0 bridgehead atoms. The highest BCUT2D eigenvalue weighted by atomic mass is 32.1. The maximum absolute atomic E-state index is 11.3. The van der Waals surface area contributed by atoms with E-state index >= 15 is 0 Å². The van der Waals surface area contributed by atoms with Crippen molar-refractivity contribution in [3.63, 3.8) is 0 Å². The summed E-state index contributed by atoms with van der Waals surface area (Å²) in [6.07, 6.45) is 0.